The molecule has 1 saturated heterocycles. The Morgan fingerprint density at radius 2 is 2.00 bits per heavy atom. The Morgan fingerprint density at radius 3 is 2.68 bits per heavy atom. The Bertz CT molecular complexity index is 1300. The number of aromatic nitrogens is 4. The molecule has 0 unspecified atom stereocenters. The minimum absolute atomic E-state index is 0.0114. The van der Waals surface area contributed by atoms with E-state index in [9.17, 15) is 14.0 Å². The molecule has 4 heterocycles. The van der Waals surface area contributed by atoms with Crippen LogP contribution in [0.5, 0.6) is 0 Å². The number of rotatable bonds is 7. The number of nitrogens with one attached hydrogen (secondary N) is 1. The van der Waals surface area contributed by atoms with E-state index in [0.717, 1.165) is 36.4 Å². The van der Waals surface area contributed by atoms with E-state index in [1.807, 2.05) is 13.8 Å². The molecule has 176 valence electrons. The number of halogens is 1. The summed E-state index contributed by atoms with van der Waals surface area (Å²) in [5.41, 5.74) is 1.41. The highest BCUT2D eigenvalue weighted by Gasteiger charge is 2.61. The van der Waals surface area contributed by atoms with Crippen molar-refractivity contribution in [3.63, 3.8) is 0 Å². The van der Waals surface area contributed by atoms with Crippen LogP contribution >= 0.6 is 11.3 Å². The molecule has 3 saturated carbocycles. The number of pyridine rings is 1. The summed E-state index contributed by atoms with van der Waals surface area (Å²) in [5, 5.41) is 3.94. The van der Waals surface area contributed by atoms with Gasteiger partial charge < -0.3 is 10.2 Å². The SMILES string of the molecule is Cc1nc2nc(N[C@@H](C)c3cncc(F)c3)nc(C(=O)N3CC(CC(=O)C45CC(C4)C5)C3)c2s1. The van der Waals surface area contributed by atoms with E-state index in [2.05, 4.69) is 25.3 Å². The number of carbonyl (C=O) groups is 2. The van der Waals surface area contributed by atoms with Gasteiger partial charge in [-0.15, -0.1) is 11.3 Å². The third kappa shape index (κ3) is 3.55. The standard InChI is InChI=1S/C24H25FN6O2S/c1-12(16-4-17(25)9-26-8-16)27-23-29-19(20-21(30-23)28-13(2)34-20)22(33)31-10-14(11-31)3-18(32)24-5-15(6-24)7-24/h4,8-9,12,14-15H,3,5-7,10-11H2,1-2H3,(H,27,29,30)/t12-,15?,24?/m0/s1. The van der Waals surface area contributed by atoms with Gasteiger partial charge in [0.15, 0.2) is 11.3 Å². The molecule has 4 fully saturated rings. The van der Waals surface area contributed by atoms with Crippen molar-refractivity contribution in [1.29, 1.82) is 0 Å². The topological polar surface area (TPSA) is 101 Å². The van der Waals surface area contributed by atoms with Crippen LogP contribution in [0.1, 0.15) is 59.7 Å². The number of hydrogen-bond donors (Lipinski definition) is 1. The summed E-state index contributed by atoms with van der Waals surface area (Å²) in [5.74, 6) is 1.07. The predicted molar refractivity (Wildman–Crippen MR) is 125 cm³/mol. The van der Waals surface area contributed by atoms with Crippen molar-refractivity contribution in [2.75, 3.05) is 18.4 Å². The first-order chi connectivity index (χ1) is 16.3. The molecule has 0 radical (unpaired) electrons. The van der Waals surface area contributed by atoms with Gasteiger partial charge >= 0.3 is 0 Å². The highest BCUT2D eigenvalue weighted by atomic mass is 32.1. The van der Waals surface area contributed by atoms with E-state index in [1.165, 1.54) is 17.4 Å². The van der Waals surface area contributed by atoms with Crippen LogP contribution in [-0.2, 0) is 4.79 Å². The first-order valence-corrected chi connectivity index (χ1v) is 12.5. The van der Waals surface area contributed by atoms with E-state index < -0.39 is 5.82 Å². The summed E-state index contributed by atoms with van der Waals surface area (Å²) < 4.78 is 14.2. The zero-order valence-corrected chi connectivity index (χ0v) is 19.9. The third-order valence-corrected chi connectivity index (χ3v) is 8.45. The Balaban J connectivity index is 1.18. The summed E-state index contributed by atoms with van der Waals surface area (Å²) in [6, 6.07) is 1.08. The molecule has 3 aliphatic carbocycles. The van der Waals surface area contributed by atoms with Gasteiger partial charge in [0.25, 0.3) is 5.91 Å². The van der Waals surface area contributed by atoms with Crippen molar-refractivity contribution in [1.82, 2.24) is 24.8 Å². The number of ketones is 1. The molecule has 7 rings (SSSR count). The van der Waals surface area contributed by atoms with Gasteiger partial charge in [-0.25, -0.2) is 14.4 Å². The Kier molecular flexibility index (Phi) is 4.91. The van der Waals surface area contributed by atoms with Crippen LogP contribution < -0.4 is 5.32 Å². The number of aryl methyl sites for hydroxylation is 1. The van der Waals surface area contributed by atoms with Gasteiger partial charge in [0.2, 0.25) is 5.95 Å². The van der Waals surface area contributed by atoms with Crippen molar-refractivity contribution >= 4 is 39.3 Å². The van der Waals surface area contributed by atoms with Crippen molar-refractivity contribution in [3.8, 4) is 0 Å². The molecule has 3 aromatic heterocycles. The fraction of sp³-hybridized carbons (Fsp3) is 0.500. The van der Waals surface area contributed by atoms with Crippen LogP contribution in [0.15, 0.2) is 18.5 Å². The zero-order valence-electron chi connectivity index (χ0n) is 19.0. The van der Waals surface area contributed by atoms with E-state index >= 15 is 0 Å². The Labute approximate surface area is 200 Å². The Morgan fingerprint density at radius 1 is 1.24 bits per heavy atom. The molecule has 0 aromatic carbocycles. The molecular formula is C24H25FN6O2S. The lowest BCUT2D eigenvalue weighted by Crippen LogP contribution is -2.58. The van der Waals surface area contributed by atoms with Gasteiger partial charge in [0, 0.05) is 37.0 Å². The zero-order chi connectivity index (χ0) is 23.6. The molecular weight excluding hydrogens is 455 g/mol. The van der Waals surface area contributed by atoms with Gasteiger partial charge in [0.05, 0.1) is 17.2 Å². The second-order valence-electron chi connectivity index (χ2n) is 10.0. The van der Waals surface area contributed by atoms with Crippen molar-refractivity contribution in [2.24, 2.45) is 17.3 Å². The lowest BCUT2D eigenvalue weighted by atomic mass is 9.42. The van der Waals surface area contributed by atoms with Gasteiger partial charge in [-0.05, 0) is 50.7 Å². The average molecular weight is 481 g/mol. The average Bonchev–Trinajstić information content (AvgIpc) is 3.07. The van der Waals surface area contributed by atoms with Crippen molar-refractivity contribution in [2.45, 2.75) is 45.6 Å². The van der Waals surface area contributed by atoms with Crippen LogP contribution in [0.4, 0.5) is 10.3 Å². The van der Waals surface area contributed by atoms with Crippen molar-refractivity contribution in [3.05, 3.63) is 40.5 Å². The second-order valence-corrected chi connectivity index (χ2v) is 11.2. The van der Waals surface area contributed by atoms with E-state index in [1.54, 1.807) is 11.1 Å². The van der Waals surface area contributed by atoms with Crippen molar-refractivity contribution < 1.29 is 14.0 Å². The number of Topliss-reactive ketones (excluding diaryl/α,β-unsaturated/α-hetero) is 1. The molecule has 4 aliphatic rings. The van der Waals surface area contributed by atoms with Crippen LogP contribution in [0.3, 0.4) is 0 Å². The fourth-order valence-electron chi connectivity index (χ4n) is 5.39. The Hall–Kier alpha value is -3.01. The molecule has 10 heteroatoms. The van der Waals surface area contributed by atoms with Gasteiger partial charge in [0.1, 0.15) is 16.3 Å². The summed E-state index contributed by atoms with van der Waals surface area (Å²) in [6.07, 6.45) is 6.52. The van der Waals surface area contributed by atoms with Crippen LogP contribution in [0.25, 0.3) is 10.3 Å². The number of fused-ring (bicyclic) bond motifs is 1. The summed E-state index contributed by atoms with van der Waals surface area (Å²) in [6.45, 7) is 4.86. The fourth-order valence-corrected chi connectivity index (χ4v) is 6.23. The van der Waals surface area contributed by atoms with Gasteiger partial charge in [-0.3, -0.25) is 14.6 Å². The monoisotopic (exact) mass is 480 g/mol. The molecule has 8 nitrogen and oxygen atoms in total. The minimum Gasteiger partial charge on any atom is -0.348 e. The molecule has 1 aliphatic heterocycles. The number of hydrogen-bond acceptors (Lipinski definition) is 8. The number of likely N-dealkylation sites (tertiary alicyclic amines) is 1. The predicted octanol–water partition coefficient (Wildman–Crippen LogP) is 3.93. The quantitative estimate of drug-likeness (QED) is 0.547. The first-order valence-electron chi connectivity index (χ1n) is 11.6. The summed E-state index contributed by atoms with van der Waals surface area (Å²) >= 11 is 1.39. The highest BCUT2D eigenvalue weighted by molar-refractivity contribution is 7.18. The third-order valence-electron chi connectivity index (χ3n) is 7.48. The maximum atomic E-state index is 13.6. The van der Waals surface area contributed by atoms with E-state index in [-0.39, 0.29) is 29.2 Å². The summed E-state index contributed by atoms with van der Waals surface area (Å²) in [7, 11) is 0. The van der Waals surface area contributed by atoms with E-state index in [4.69, 9.17) is 0 Å². The molecule has 2 bridgehead atoms. The number of carbonyl (C=O) groups excluding carboxylic acids is 2. The largest absolute Gasteiger partial charge is 0.348 e. The minimum atomic E-state index is -0.423. The van der Waals surface area contributed by atoms with Gasteiger partial charge in [-0.2, -0.15) is 4.98 Å². The van der Waals surface area contributed by atoms with Crippen LogP contribution in [-0.4, -0.2) is 49.6 Å². The number of nitrogens with zero attached hydrogens (tertiary/aromatic N) is 5. The smallest absolute Gasteiger partial charge is 0.274 e. The normalized spacial score (nSPS) is 24.2. The van der Waals surface area contributed by atoms with Gasteiger partial charge in [-0.1, -0.05) is 0 Å². The second kappa shape index (κ2) is 7.76. The lowest BCUT2D eigenvalue weighted by Gasteiger charge is -2.61. The molecule has 1 N–H and O–H groups in total. The van der Waals surface area contributed by atoms with E-state index in [0.29, 0.717) is 46.9 Å². The molecule has 34 heavy (non-hydrogen) atoms. The number of thiazole rings is 1. The molecule has 0 spiro atoms. The first kappa shape index (κ1) is 21.5. The number of anilines is 1. The molecule has 1 amide bonds. The van der Waals surface area contributed by atoms with Crippen LogP contribution in [0.2, 0.25) is 0 Å². The summed E-state index contributed by atoms with van der Waals surface area (Å²) in [4.78, 5) is 45.1. The maximum absolute atomic E-state index is 13.6. The lowest BCUT2D eigenvalue weighted by molar-refractivity contribution is -0.164. The van der Waals surface area contributed by atoms with Crippen LogP contribution in [0, 0.1) is 30.0 Å². The number of amides is 1. The molecule has 1 atom stereocenters. The molecule has 3 aromatic rings. The highest BCUT2D eigenvalue weighted by Crippen LogP contribution is 2.65. The maximum Gasteiger partial charge on any atom is 0.274 e.